The number of nitrogens with zero attached hydrogens (tertiary/aromatic N) is 1. The van der Waals surface area contributed by atoms with Crippen molar-refractivity contribution in [3.63, 3.8) is 0 Å². The molecule has 0 aliphatic carbocycles. The van der Waals surface area contributed by atoms with Crippen molar-refractivity contribution < 1.29 is 0 Å². The van der Waals surface area contributed by atoms with Crippen LogP contribution in [0.3, 0.4) is 0 Å². The number of para-hydroxylation sites is 1. The second-order valence-corrected chi connectivity index (χ2v) is 4.98. The van der Waals surface area contributed by atoms with E-state index in [0.717, 1.165) is 25.0 Å². The number of likely N-dealkylation sites (tertiary alicyclic amines) is 1. The maximum atomic E-state index is 3.47. The summed E-state index contributed by atoms with van der Waals surface area (Å²) in [6.07, 6.45) is 1.35. The molecule has 2 unspecified atom stereocenters. The molecule has 1 aromatic carbocycles. The second kappa shape index (κ2) is 5.35. The summed E-state index contributed by atoms with van der Waals surface area (Å²) in [6, 6.07) is 11.2. The van der Waals surface area contributed by atoms with Gasteiger partial charge in [-0.1, -0.05) is 25.1 Å². The van der Waals surface area contributed by atoms with Crippen molar-refractivity contribution in [3.05, 3.63) is 30.3 Å². The number of anilines is 1. The monoisotopic (exact) mass is 218 g/mol. The topological polar surface area (TPSA) is 15.3 Å². The molecule has 1 fully saturated rings. The van der Waals surface area contributed by atoms with Gasteiger partial charge in [-0.3, -0.25) is 4.90 Å². The number of hydrogen-bond acceptors (Lipinski definition) is 2. The highest BCUT2D eigenvalue weighted by Crippen LogP contribution is 2.21. The van der Waals surface area contributed by atoms with Gasteiger partial charge in [0.2, 0.25) is 0 Å². The third kappa shape index (κ3) is 2.99. The Kier molecular flexibility index (Phi) is 3.83. The van der Waals surface area contributed by atoms with Crippen LogP contribution in [-0.4, -0.2) is 30.6 Å². The summed E-state index contributed by atoms with van der Waals surface area (Å²) in [5.74, 6) is 0.867. The third-order valence-corrected chi connectivity index (χ3v) is 3.41. The normalized spacial score (nSPS) is 25.9. The molecule has 2 rings (SSSR count). The van der Waals surface area contributed by atoms with E-state index in [9.17, 15) is 0 Å². The van der Waals surface area contributed by atoms with Crippen molar-refractivity contribution in [2.24, 2.45) is 5.92 Å². The van der Waals surface area contributed by atoms with Crippen LogP contribution in [0.4, 0.5) is 5.69 Å². The Hall–Kier alpha value is -1.02. The van der Waals surface area contributed by atoms with Crippen molar-refractivity contribution in [2.75, 3.05) is 25.0 Å². The summed E-state index contributed by atoms with van der Waals surface area (Å²) in [5.41, 5.74) is 1.22. The molecule has 1 aromatic rings. The number of hydrogen-bond donors (Lipinski definition) is 1. The number of benzene rings is 1. The molecule has 1 N–H and O–H groups in total. The van der Waals surface area contributed by atoms with Crippen LogP contribution in [0.25, 0.3) is 0 Å². The first-order valence-corrected chi connectivity index (χ1v) is 6.28. The van der Waals surface area contributed by atoms with E-state index in [1.807, 2.05) is 0 Å². The summed E-state index contributed by atoms with van der Waals surface area (Å²) in [4.78, 5) is 2.58. The van der Waals surface area contributed by atoms with Crippen LogP contribution >= 0.6 is 0 Å². The molecule has 1 aliphatic rings. The Morgan fingerprint density at radius 1 is 1.25 bits per heavy atom. The lowest BCUT2D eigenvalue weighted by molar-refractivity contribution is 0.275. The van der Waals surface area contributed by atoms with Crippen molar-refractivity contribution in [1.29, 1.82) is 0 Å². The van der Waals surface area contributed by atoms with Gasteiger partial charge >= 0.3 is 0 Å². The summed E-state index contributed by atoms with van der Waals surface area (Å²) < 4.78 is 0. The maximum Gasteiger partial charge on any atom is 0.0340 e. The van der Waals surface area contributed by atoms with Crippen LogP contribution in [0.15, 0.2) is 30.3 Å². The zero-order valence-corrected chi connectivity index (χ0v) is 10.3. The number of nitrogens with one attached hydrogen (secondary N) is 1. The molecule has 1 aliphatic heterocycles. The second-order valence-electron chi connectivity index (χ2n) is 4.98. The minimum absolute atomic E-state index is 0.757. The van der Waals surface area contributed by atoms with Crippen LogP contribution in [0, 0.1) is 5.92 Å². The van der Waals surface area contributed by atoms with Crippen molar-refractivity contribution in [2.45, 2.75) is 26.3 Å². The molecule has 0 amide bonds. The van der Waals surface area contributed by atoms with E-state index in [2.05, 4.69) is 54.4 Å². The SMILES string of the molecule is CC1CC(C)N(CCNc2ccccc2)C1. The average molecular weight is 218 g/mol. The first-order valence-electron chi connectivity index (χ1n) is 6.28. The van der Waals surface area contributed by atoms with E-state index in [1.165, 1.54) is 18.7 Å². The fourth-order valence-corrected chi connectivity index (χ4v) is 2.60. The van der Waals surface area contributed by atoms with Crippen molar-refractivity contribution in [1.82, 2.24) is 4.90 Å². The van der Waals surface area contributed by atoms with Gasteiger partial charge in [0.1, 0.15) is 0 Å². The van der Waals surface area contributed by atoms with Crippen LogP contribution in [0.1, 0.15) is 20.3 Å². The average Bonchev–Trinajstić information content (AvgIpc) is 2.59. The molecular weight excluding hydrogens is 196 g/mol. The molecule has 0 spiro atoms. The maximum absolute atomic E-state index is 3.47. The largest absolute Gasteiger partial charge is 0.384 e. The lowest BCUT2D eigenvalue weighted by Gasteiger charge is -2.21. The quantitative estimate of drug-likeness (QED) is 0.836. The van der Waals surface area contributed by atoms with Crippen molar-refractivity contribution in [3.8, 4) is 0 Å². The lowest BCUT2D eigenvalue weighted by atomic mass is 10.1. The van der Waals surface area contributed by atoms with Gasteiger partial charge in [-0.05, 0) is 31.4 Å². The molecule has 0 aromatic heterocycles. The first kappa shape index (κ1) is 11.5. The van der Waals surface area contributed by atoms with E-state index in [4.69, 9.17) is 0 Å². The molecule has 88 valence electrons. The number of rotatable bonds is 4. The zero-order chi connectivity index (χ0) is 11.4. The molecular formula is C14H22N2. The van der Waals surface area contributed by atoms with Gasteiger partial charge in [0, 0.05) is 31.4 Å². The van der Waals surface area contributed by atoms with Gasteiger partial charge < -0.3 is 5.32 Å². The van der Waals surface area contributed by atoms with Gasteiger partial charge in [0.05, 0.1) is 0 Å². The Balaban J connectivity index is 1.72. The predicted molar refractivity (Wildman–Crippen MR) is 69.7 cm³/mol. The summed E-state index contributed by atoms with van der Waals surface area (Å²) in [7, 11) is 0. The Labute approximate surface area is 98.7 Å². The van der Waals surface area contributed by atoms with E-state index in [0.29, 0.717) is 0 Å². The highest BCUT2D eigenvalue weighted by atomic mass is 15.2. The molecule has 0 saturated carbocycles. The first-order chi connectivity index (χ1) is 7.75. The summed E-state index contributed by atoms with van der Waals surface area (Å²) in [5, 5.41) is 3.47. The molecule has 0 radical (unpaired) electrons. The van der Waals surface area contributed by atoms with Crippen LogP contribution in [0.5, 0.6) is 0 Å². The van der Waals surface area contributed by atoms with E-state index >= 15 is 0 Å². The fourth-order valence-electron chi connectivity index (χ4n) is 2.60. The van der Waals surface area contributed by atoms with Gasteiger partial charge in [-0.2, -0.15) is 0 Å². The van der Waals surface area contributed by atoms with Crippen molar-refractivity contribution >= 4 is 5.69 Å². The highest BCUT2D eigenvalue weighted by molar-refractivity contribution is 5.42. The molecule has 2 atom stereocenters. The lowest BCUT2D eigenvalue weighted by Crippen LogP contribution is -2.32. The molecule has 1 heterocycles. The third-order valence-electron chi connectivity index (χ3n) is 3.41. The van der Waals surface area contributed by atoms with E-state index < -0.39 is 0 Å². The van der Waals surface area contributed by atoms with Crippen LogP contribution in [0.2, 0.25) is 0 Å². The highest BCUT2D eigenvalue weighted by Gasteiger charge is 2.24. The van der Waals surface area contributed by atoms with Gasteiger partial charge in [-0.25, -0.2) is 0 Å². The van der Waals surface area contributed by atoms with Gasteiger partial charge in [-0.15, -0.1) is 0 Å². The Morgan fingerprint density at radius 3 is 2.62 bits per heavy atom. The summed E-state index contributed by atoms with van der Waals surface area (Å²) >= 11 is 0. The Morgan fingerprint density at radius 2 is 2.00 bits per heavy atom. The smallest absolute Gasteiger partial charge is 0.0340 e. The van der Waals surface area contributed by atoms with E-state index in [1.54, 1.807) is 0 Å². The Bertz CT molecular complexity index is 310. The van der Waals surface area contributed by atoms with Gasteiger partial charge in [0.25, 0.3) is 0 Å². The van der Waals surface area contributed by atoms with Crippen LogP contribution in [-0.2, 0) is 0 Å². The molecule has 1 saturated heterocycles. The van der Waals surface area contributed by atoms with E-state index in [-0.39, 0.29) is 0 Å². The summed E-state index contributed by atoms with van der Waals surface area (Å²) in [6.45, 7) is 8.15. The standard InChI is InChI=1S/C14H22N2/c1-12-10-13(2)16(11-12)9-8-15-14-6-4-3-5-7-14/h3-7,12-13,15H,8-11H2,1-2H3. The zero-order valence-electron chi connectivity index (χ0n) is 10.3. The molecule has 2 nitrogen and oxygen atoms in total. The van der Waals surface area contributed by atoms with Crippen LogP contribution < -0.4 is 5.32 Å². The predicted octanol–water partition coefficient (Wildman–Crippen LogP) is 2.83. The molecule has 16 heavy (non-hydrogen) atoms. The minimum atomic E-state index is 0.757. The fraction of sp³-hybridized carbons (Fsp3) is 0.571. The minimum Gasteiger partial charge on any atom is -0.384 e. The molecule has 2 heteroatoms. The van der Waals surface area contributed by atoms with Gasteiger partial charge in [0.15, 0.2) is 0 Å². The molecule has 0 bridgehead atoms.